The number of carboxylic acids is 1. The minimum atomic E-state index is -0.835. The van der Waals surface area contributed by atoms with E-state index >= 15 is 0 Å². The molecule has 4 rings (SSSR count). The topological polar surface area (TPSA) is 95.9 Å². The molecule has 2 aromatic carbocycles. The Morgan fingerprint density at radius 2 is 1.66 bits per heavy atom. The van der Waals surface area contributed by atoms with Crippen LogP contribution in [0.25, 0.3) is 11.1 Å². The van der Waals surface area contributed by atoms with Crippen molar-refractivity contribution in [2.75, 3.05) is 13.2 Å². The van der Waals surface area contributed by atoms with Gasteiger partial charge in [0.25, 0.3) is 0 Å². The second-order valence-corrected chi connectivity index (χ2v) is 10.2. The summed E-state index contributed by atoms with van der Waals surface area (Å²) in [5.74, 6) is -0.825. The molecule has 1 fully saturated rings. The molecule has 35 heavy (non-hydrogen) atoms. The predicted octanol–water partition coefficient (Wildman–Crippen LogP) is 4.94. The van der Waals surface area contributed by atoms with Crippen molar-refractivity contribution in [1.29, 1.82) is 0 Å². The number of rotatable bonds is 9. The maximum absolute atomic E-state index is 12.8. The van der Waals surface area contributed by atoms with Crippen LogP contribution in [0.5, 0.6) is 0 Å². The van der Waals surface area contributed by atoms with Gasteiger partial charge in [0.05, 0.1) is 0 Å². The molecular formula is C28H34N2O5. The average Bonchev–Trinajstić information content (AvgIpc) is 3.42. The highest BCUT2D eigenvalue weighted by atomic mass is 16.5. The summed E-state index contributed by atoms with van der Waals surface area (Å²) >= 11 is 0. The van der Waals surface area contributed by atoms with Crippen LogP contribution in [0, 0.1) is 0 Å². The van der Waals surface area contributed by atoms with Crippen molar-refractivity contribution in [2.24, 2.45) is 0 Å². The van der Waals surface area contributed by atoms with Gasteiger partial charge in [0.2, 0.25) is 5.91 Å². The summed E-state index contributed by atoms with van der Waals surface area (Å²) in [7, 11) is 0. The van der Waals surface area contributed by atoms with Gasteiger partial charge < -0.3 is 20.1 Å². The summed E-state index contributed by atoms with van der Waals surface area (Å²) in [4.78, 5) is 38.2. The van der Waals surface area contributed by atoms with Crippen LogP contribution in [-0.2, 0) is 14.3 Å². The van der Waals surface area contributed by atoms with E-state index in [1.165, 1.54) is 11.1 Å². The van der Waals surface area contributed by atoms with Crippen molar-refractivity contribution in [2.45, 2.75) is 69.9 Å². The molecule has 0 bridgehead atoms. The smallest absolute Gasteiger partial charge is 0.407 e. The molecule has 7 nitrogen and oxygen atoms in total. The quantitative estimate of drug-likeness (QED) is 0.532. The van der Waals surface area contributed by atoms with Gasteiger partial charge in [-0.15, -0.1) is 0 Å². The number of nitrogens with zero attached hydrogens (tertiary/aromatic N) is 1. The third-order valence-electron chi connectivity index (χ3n) is 7.14. The number of nitrogens with one attached hydrogen (secondary N) is 1. The fourth-order valence-electron chi connectivity index (χ4n) is 5.29. The first-order valence-electron chi connectivity index (χ1n) is 12.4. The summed E-state index contributed by atoms with van der Waals surface area (Å²) in [5.41, 5.74) is 4.07. The van der Waals surface area contributed by atoms with Gasteiger partial charge >= 0.3 is 12.1 Å². The van der Waals surface area contributed by atoms with Crippen LogP contribution in [-0.4, -0.2) is 52.7 Å². The Kier molecular flexibility index (Phi) is 7.43. The van der Waals surface area contributed by atoms with Crippen LogP contribution in [0.15, 0.2) is 48.5 Å². The third kappa shape index (κ3) is 5.84. The molecule has 2 aliphatic rings. The van der Waals surface area contributed by atoms with Gasteiger partial charge in [0, 0.05) is 36.9 Å². The maximum atomic E-state index is 12.8. The van der Waals surface area contributed by atoms with Crippen molar-refractivity contribution in [3.05, 3.63) is 59.7 Å². The molecule has 1 saturated heterocycles. The normalized spacial score (nSPS) is 17.1. The average molecular weight is 479 g/mol. The number of fused-ring (bicyclic) bond motifs is 3. The summed E-state index contributed by atoms with van der Waals surface area (Å²) in [5, 5.41) is 11.9. The number of hydrogen-bond acceptors (Lipinski definition) is 4. The lowest BCUT2D eigenvalue weighted by atomic mass is 9.97. The Morgan fingerprint density at radius 3 is 2.29 bits per heavy atom. The summed E-state index contributed by atoms with van der Waals surface area (Å²) in [6.07, 6.45) is 2.58. The van der Waals surface area contributed by atoms with Crippen LogP contribution in [0.3, 0.4) is 0 Å². The Hall–Kier alpha value is -3.35. The van der Waals surface area contributed by atoms with Crippen molar-refractivity contribution < 1.29 is 24.2 Å². The van der Waals surface area contributed by atoms with Crippen LogP contribution in [0.1, 0.15) is 69.4 Å². The monoisotopic (exact) mass is 478 g/mol. The lowest BCUT2D eigenvalue weighted by Crippen LogP contribution is -2.45. The van der Waals surface area contributed by atoms with Crippen molar-refractivity contribution in [1.82, 2.24) is 10.2 Å². The van der Waals surface area contributed by atoms with Gasteiger partial charge in [-0.3, -0.25) is 9.59 Å². The molecule has 0 saturated carbocycles. The molecule has 1 unspecified atom stereocenters. The first-order valence-corrected chi connectivity index (χ1v) is 12.4. The SMILES string of the molecule is CC(C)(CCC(=O)N1CCCC1CCC(=O)O)NC(=O)OCC1c2ccccc2-c2ccccc21. The highest BCUT2D eigenvalue weighted by Gasteiger charge is 2.32. The summed E-state index contributed by atoms with van der Waals surface area (Å²) in [6, 6.07) is 16.4. The van der Waals surface area contributed by atoms with Gasteiger partial charge in [-0.2, -0.15) is 0 Å². The standard InChI is InChI=1S/C28H34N2O5/c1-28(2,16-15-25(31)30-17-7-8-19(30)13-14-26(32)33)29-27(34)35-18-24-22-11-5-3-9-20(22)21-10-4-6-12-23(21)24/h3-6,9-12,19,24H,7-8,13-18H2,1-2H3,(H,29,34)(H,32,33). The van der Waals surface area contributed by atoms with E-state index in [1.807, 2.05) is 43.0 Å². The zero-order chi connectivity index (χ0) is 25.0. The Morgan fingerprint density at radius 1 is 1.03 bits per heavy atom. The second-order valence-electron chi connectivity index (χ2n) is 10.2. The van der Waals surface area contributed by atoms with E-state index in [2.05, 4.69) is 29.6 Å². The fraction of sp³-hybridized carbons (Fsp3) is 0.464. The van der Waals surface area contributed by atoms with Crippen molar-refractivity contribution >= 4 is 18.0 Å². The number of aliphatic carboxylic acids is 1. The van der Waals surface area contributed by atoms with Crippen LogP contribution < -0.4 is 5.32 Å². The minimum Gasteiger partial charge on any atom is -0.481 e. The number of benzene rings is 2. The number of likely N-dealkylation sites (tertiary alicyclic amines) is 1. The first kappa shape index (κ1) is 24.8. The molecule has 0 spiro atoms. The summed E-state index contributed by atoms with van der Waals surface area (Å²) < 4.78 is 5.65. The van der Waals surface area contributed by atoms with E-state index in [-0.39, 0.29) is 30.9 Å². The molecule has 1 heterocycles. The molecule has 2 amide bonds. The molecule has 2 N–H and O–H groups in total. The molecule has 1 aliphatic heterocycles. The molecular weight excluding hydrogens is 444 g/mol. The number of carbonyl (C=O) groups is 3. The largest absolute Gasteiger partial charge is 0.481 e. The first-order chi connectivity index (χ1) is 16.7. The van der Waals surface area contributed by atoms with Crippen molar-refractivity contribution in [3.8, 4) is 11.1 Å². The molecule has 186 valence electrons. The molecule has 0 aromatic heterocycles. The Bertz CT molecular complexity index is 1050. The van der Waals surface area contributed by atoms with Gasteiger partial charge in [-0.05, 0) is 61.8 Å². The Balaban J connectivity index is 1.28. The van der Waals surface area contributed by atoms with Crippen LogP contribution in [0.4, 0.5) is 4.79 Å². The molecule has 0 radical (unpaired) electrons. The number of ether oxygens (including phenoxy) is 1. The number of carbonyl (C=O) groups excluding carboxylic acids is 2. The van der Waals surface area contributed by atoms with Gasteiger partial charge in [0.15, 0.2) is 0 Å². The molecule has 2 aromatic rings. The van der Waals surface area contributed by atoms with Gasteiger partial charge in [-0.25, -0.2) is 4.79 Å². The second kappa shape index (κ2) is 10.5. The van der Waals surface area contributed by atoms with Gasteiger partial charge in [-0.1, -0.05) is 48.5 Å². The van der Waals surface area contributed by atoms with E-state index in [4.69, 9.17) is 9.84 Å². The van der Waals surface area contributed by atoms with E-state index in [1.54, 1.807) is 0 Å². The van der Waals surface area contributed by atoms with E-state index in [9.17, 15) is 14.4 Å². The van der Waals surface area contributed by atoms with Crippen LogP contribution in [0.2, 0.25) is 0 Å². The summed E-state index contributed by atoms with van der Waals surface area (Å²) in [6.45, 7) is 4.68. The predicted molar refractivity (Wildman–Crippen MR) is 133 cm³/mol. The lowest BCUT2D eigenvalue weighted by Gasteiger charge is -2.29. The zero-order valence-electron chi connectivity index (χ0n) is 20.5. The van der Waals surface area contributed by atoms with Crippen molar-refractivity contribution in [3.63, 3.8) is 0 Å². The molecule has 1 aliphatic carbocycles. The third-order valence-corrected chi connectivity index (χ3v) is 7.14. The fourth-order valence-corrected chi connectivity index (χ4v) is 5.29. The number of carboxylic acid groups (broad SMARTS) is 1. The number of hydrogen-bond donors (Lipinski definition) is 2. The van der Waals surface area contributed by atoms with Crippen LogP contribution >= 0.6 is 0 Å². The maximum Gasteiger partial charge on any atom is 0.407 e. The number of amides is 2. The van der Waals surface area contributed by atoms with E-state index < -0.39 is 17.6 Å². The molecule has 7 heteroatoms. The van der Waals surface area contributed by atoms with E-state index in [0.717, 1.165) is 24.0 Å². The highest BCUT2D eigenvalue weighted by Crippen LogP contribution is 2.44. The Labute approximate surface area is 206 Å². The zero-order valence-corrected chi connectivity index (χ0v) is 20.5. The lowest BCUT2D eigenvalue weighted by molar-refractivity contribution is -0.138. The highest BCUT2D eigenvalue weighted by molar-refractivity contribution is 5.79. The van der Waals surface area contributed by atoms with E-state index in [0.29, 0.717) is 25.8 Å². The number of alkyl carbamates (subject to hydrolysis) is 1. The van der Waals surface area contributed by atoms with Gasteiger partial charge in [0.1, 0.15) is 6.61 Å². The minimum absolute atomic E-state index is 0.00296. The molecule has 1 atom stereocenters.